The van der Waals surface area contributed by atoms with Crippen LogP contribution in [0.15, 0.2) is 42.6 Å². The van der Waals surface area contributed by atoms with Crippen molar-refractivity contribution in [3.8, 4) is 11.6 Å². The van der Waals surface area contributed by atoms with Gasteiger partial charge in [-0.2, -0.15) is 0 Å². The van der Waals surface area contributed by atoms with Gasteiger partial charge in [0.25, 0.3) is 5.91 Å². The summed E-state index contributed by atoms with van der Waals surface area (Å²) in [5, 5.41) is 2.78. The molecule has 1 aromatic heterocycles. The normalized spacial score (nSPS) is 9.79. The third-order valence-electron chi connectivity index (χ3n) is 2.56. The zero-order valence-electron chi connectivity index (χ0n) is 10.7. The molecule has 5 nitrogen and oxygen atoms in total. The number of carbonyl (C=O) groups is 1. The predicted molar refractivity (Wildman–Crippen MR) is 71.7 cm³/mol. The third-order valence-corrected chi connectivity index (χ3v) is 2.56. The molecule has 0 aliphatic carbocycles. The summed E-state index contributed by atoms with van der Waals surface area (Å²) in [6, 6.07) is 10.4. The summed E-state index contributed by atoms with van der Waals surface area (Å²) < 4.78 is 10.2. The number of benzene rings is 1. The molecule has 98 valence electrons. The number of ether oxygens (including phenoxy) is 2. The van der Waals surface area contributed by atoms with Gasteiger partial charge >= 0.3 is 0 Å². The Kier molecular flexibility index (Phi) is 3.97. The first kappa shape index (κ1) is 12.9. The molecule has 2 rings (SSSR count). The molecule has 1 aromatic carbocycles. The second kappa shape index (κ2) is 5.86. The number of methoxy groups -OCH3 is 2. The van der Waals surface area contributed by atoms with Gasteiger partial charge in [0.15, 0.2) is 0 Å². The highest BCUT2D eigenvalue weighted by Gasteiger charge is 2.10. The SMILES string of the molecule is COc1cc(C(=O)Nc2ccccc2OC)ccn1. The van der Waals surface area contributed by atoms with Crippen LogP contribution >= 0.6 is 0 Å². The number of carbonyl (C=O) groups excluding carboxylic acids is 1. The summed E-state index contributed by atoms with van der Waals surface area (Å²) in [5.41, 5.74) is 1.09. The second-order valence-electron chi connectivity index (χ2n) is 3.74. The van der Waals surface area contributed by atoms with Gasteiger partial charge in [-0.1, -0.05) is 12.1 Å². The van der Waals surface area contributed by atoms with Gasteiger partial charge in [0.2, 0.25) is 5.88 Å². The zero-order valence-corrected chi connectivity index (χ0v) is 10.7. The summed E-state index contributed by atoms with van der Waals surface area (Å²) in [5.74, 6) is 0.759. The van der Waals surface area contributed by atoms with Crippen molar-refractivity contribution < 1.29 is 14.3 Å². The fraction of sp³-hybridized carbons (Fsp3) is 0.143. The topological polar surface area (TPSA) is 60.5 Å². The van der Waals surface area contributed by atoms with Crippen molar-refractivity contribution in [2.24, 2.45) is 0 Å². The molecule has 0 aliphatic rings. The van der Waals surface area contributed by atoms with E-state index in [0.29, 0.717) is 22.9 Å². The standard InChI is InChI=1S/C14H14N2O3/c1-18-12-6-4-3-5-11(12)16-14(17)10-7-8-15-13(9-10)19-2/h3-9H,1-2H3,(H,16,17). The van der Waals surface area contributed by atoms with Crippen LogP contribution in [0.3, 0.4) is 0 Å². The lowest BCUT2D eigenvalue weighted by Gasteiger charge is -2.10. The van der Waals surface area contributed by atoms with Crippen molar-refractivity contribution in [2.75, 3.05) is 19.5 Å². The van der Waals surface area contributed by atoms with E-state index in [1.165, 1.54) is 13.3 Å². The summed E-state index contributed by atoms with van der Waals surface area (Å²) in [4.78, 5) is 16.1. The molecule has 0 saturated carbocycles. The molecule has 0 unspecified atom stereocenters. The lowest BCUT2D eigenvalue weighted by Crippen LogP contribution is -2.12. The minimum absolute atomic E-state index is 0.245. The van der Waals surface area contributed by atoms with Crippen molar-refractivity contribution in [1.29, 1.82) is 0 Å². The van der Waals surface area contributed by atoms with E-state index in [1.807, 2.05) is 12.1 Å². The highest BCUT2D eigenvalue weighted by atomic mass is 16.5. The first-order valence-corrected chi connectivity index (χ1v) is 5.69. The van der Waals surface area contributed by atoms with E-state index in [9.17, 15) is 4.79 Å². The molecule has 1 amide bonds. The van der Waals surface area contributed by atoms with Crippen LogP contribution in [0, 0.1) is 0 Å². The Morgan fingerprint density at radius 3 is 2.68 bits per heavy atom. The first-order chi connectivity index (χ1) is 9.24. The van der Waals surface area contributed by atoms with Crippen molar-refractivity contribution >= 4 is 11.6 Å². The molecule has 0 aliphatic heterocycles. The molecule has 0 radical (unpaired) electrons. The molecule has 0 atom stereocenters. The fourth-order valence-electron chi connectivity index (χ4n) is 1.60. The van der Waals surface area contributed by atoms with E-state index in [-0.39, 0.29) is 5.91 Å². The molecule has 5 heteroatoms. The molecule has 0 bridgehead atoms. The Labute approximate surface area is 111 Å². The smallest absolute Gasteiger partial charge is 0.256 e. The van der Waals surface area contributed by atoms with E-state index in [4.69, 9.17) is 9.47 Å². The van der Waals surface area contributed by atoms with E-state index < -0.39 is 0 Å². The summed E-state index contributed by atoms with van der Waals surface area (Å²) in [6.45, 7) is 0. The number of anilines is 1. The second-order valence-corrected chi connectivity index (χ2v) is 3.74. The first-order valence-electron chi connectivity index (χ1n) is 5.69. The Balaban J connectivity index is 2.20. The van der Waals surface area contributed by atoms with Crippen molar-refractivity contribution in [1.82, 2.24) is 4.98 Å². The Morgan fingerprint density at radius 1 is 1.16 bits per heavy atom. The quantitative estimate of drug-likeness (QED) is 0.914. The van der Waals surface area contributed by atoms with Crippen LogP contribution in [-0.4, -0.2) is 25.1 Å². The number of aromatic nitrogens is 1. The lowest BCUT2D eigenvalue weighted by atomic mass is 10.2. The van der Waals surface area contributed by atoms with Crippen LogP contribution in [0.5, 0.6) is 11.6 Å². The van der Waals surface area contributed by atoms with Gasteiger partial charge in [-0.25, -0.2) is 4.98 Å². The van der Waals surface area contributed by atoms with Crippen LogP contribution in [0.1, 0.15) is 10.4 Å². The fourth-order valence-corrected chi connectivity index (χ4v) is 1.60. The van der Waals surface area contributed by atoms with E-state index in [0.717, 1.165) is 0 Å². The predicted octanol–water partition coefficient (Wildman–Crippen LogP) is 2.35. The van der Waals surface area contributed by atoms with Gasteiger partial charge in [0, 0.05) is 17.8 Å². The van der Waals surface area contributed by atoms with Crippen LogP contribution in [0.4, 0.5) is 5.69 Å². The van der Waals surface area contributed by atoms with Crippen LogP contribution in [-0.2, 0) is 0 Å². The molecular weight excluding hydrogens is 244 g/mol. The average Bonchev–Trinajstić information content (AvgIpc) is 2.47. The maximum absolute atomic E-state index is 12.1. The number of amides is 1. The van der Waals surface area contributed by atoms with Crippen molar-refractivity contribution in [3.63, 3.8) is 0 Å². The molecule has 1 heterocycles. The molecule has 0 spiro atoms. The number of hydrogen-bond acceptors (Lipinski definition) is 4. The maximum Gasteiger partial charge on any atom is 0.256 e. The number of nitrogens with zero attached hydrogens (tertiary/aromatic N) is 1. The van der Waals surface area contributed by atoms with Gasteiger partial charge in [0.05, 0.1) is 19.9 Å². The molecule has 19 heavy (non-hydrogen) atoms. The van der Waals surface area contributed by atoms with Gasteiger partial charge in [-0.05, 0) is 18.2 Å². The van der Waals surface area contributed by atoms with E-state index in [1.54, 1.807) is 31.4 Å². The number of hydrogen-bond donors (Lipinski definition) is 1. The third kappa shape index (κ3) is 3.01. The lowest BCUT2D eigenvalue weighted by molar-refractivity contribution is 0.102. The molecule has 1 N–H and O–H groups in total. The number of rotatable bonds is 4. The average molecular weight is 258 g/mol. The minimum Gasteiger partial charge on any atom is -0.495 e. The van der Waals surface area contributed by atoms with Crippen LogP contribution < -0.4 is 14.8 Å². The molecule has 2 aromatic rings. The number of pyridine rings is 1. The highest BCUT2D eigenvalue weighted by Crippen LogP contribution is 2.23. The Hall–Kier alpha value is -2.56. The monoisotopic (exact) mass is 258 g/mol. The number of para-hydroxylation sites is 2. The Morgan fingerprint density at radius 2 is 1.95 bits per heavy atom. The highest BCUT2D eigenvalue weighted by molar-refractivity contribution is 6.05. The maximum atomic E-state index is 12.1. The van der Waals surface area contributed by atoms with Crippen LogP contribution in [0.2, 0.25) is 0 Å². The summed E-state index contributed by atoms with van der Waals surface area (Å²) in [7, 11) is 3.06. The van der Waals surface area contributed by atoms with Crippen molar-refractivity contribution in [3.05, 3.63) is 48.2 Å². The zero-order chi connectivity index (χ0) is 13.7. The Bertz CT molecular complexity index is 584. The summed E-state index contributed by atoms with van der Waals surface area (Å²) >= 11 is 0. The molecular formula is C14H14N2O3. The molecule has 0 fully saturated rings. The van der Waals surface area contributed by atoms with Gasteiger partial charge in [0.1, 0.15) is 5.75 Å². The van der Waals surface area contributed by atoms with Crippen LogP contribution in [0.25, 0.3) is 0 Å². The van der Waals surface area contributed by atoms with E-state index in [2.05, 4.69) is 10.3 Å². The molecule has 0 saturated heterocycles. The van der Waals surface area contributed by atoms with Gasteiger partial charge < -0.3 is 14.8 Å². The van der Waals surface area contributed by atoms with Gasteiger partial charge in [-0.3, -0.25) is 4.79 Å². The van der Waals surface area contributed by atoms with Gasteiger partial charge in [-0.15, -0.1) is 0 Å². The van der Waals surface area contributed by atoms with Crippen molar-refractivity contribution in [2.45, 2.75) is 0 Å². The minimum atomic E-state index is -0.245. The largest absolute Gasteiger partial charge is 0.495 e. The summed E-state index contributed by atoms with van der Waals surface area (Å²) in [6.07, 6.45) is 1.52. The van der Waals surface area contributed by atoms with E-state index >= 15 is 0 Å². The number of nitrogens with one attached hydrogen (secondary N) is 1.